The largest absolute Gasteiger partial charge is 0.317 e. The van der Waals surface area contributed by atoms with Gasteiger partial charge in [-0.1, -0.05) is 0 Å². The van der Waals surface area contributed by atoms with Crippen molar-refractivity contribution in [1.82, 2.24) is 10.2 Å². The average Bonchev–Trinajstić information content (AvgIpc) is 2.67. The van der Waals surface area contributed by atoms with E-state index >= 15 is 0 Å². The van der Waals surface area contributed by atoms with Crippen molar-refractivity contribution >= 4 is 11.3 Å². The number of piperidine rings is 1. The maximum Gasteiger partial charge on any atom is 0.0236 e. The lowest BCUT2D eigenvalue weighted by molar-refractivity contribution is 0.402. The molecule has 0 unspecified atom stereocenters. The van der Waals surface area contributed by atoms with Crippen molar-refractivity contribution < 1.29 is 0 Å². The molecule has 0 aromatic carbocycles. The Bertz CT molecular complexity index is 300. The lowest BCUT2D eigenvalue weighted by Crippen LogP contribution is -2.26. The molecule has 0 radical (unpaired) electrons. The van der Waals surface area contributed by atoms with Crippen molar-refractivity contribution in [3.05, 3.63) is 21.9 Å². The number of nitrogens with zero attached hydrogens (tertiary/aromatic N) is 1. The van der Waals surface area contributed by atoms with Crippen molar-refractivity contribution in [2.45, 2.75) is 25.3 Å². The highest BCUT2D eigenvalue weighted by molar-refractivity contribution is 7.10. The van der Waals surface area contributed by atoms with Crippen LogP contribution >= 0.6 is 11.3 Å². The highest BCUT2D eigenvalue weighted by Gasteiger charge is 2.16. The highest BCUT2D eigenvalue weighted by atomic mass is 32.1. The molecule has 0 bridgehead atoms. The van der Waals surface area contributed by atoms with Crippen molar-refractivity contribution in [3.8, 4) is 0 Å². The summed E-state index contributed by atoms with van der Waals surface area (Å²) in [7, 11) is 4.25. The summed E-state index contributed by atoms with van der Waals surface area (Å²) in [4.78, 5) is 3.82. The summed E-state index contributed by atoms with van der Waals surface area (Å²) < 4.78 is 0. The number of hydrogen-bond donors (Lipinski definition) is 1. The molecule has 1 saturated heterocycles. The van der Waals surface area contributed by atoms with Crippen LogP contribution in [0.3, 0.4) is 0 Å². The molecule has 2 rings (SSSR count). The minimum absolute atomic E-state index is 0.812. The fourth-order valence-electron chi connectivity index (χ4n) is 2.16. The van der Waals surface area contributed by atoms with E-state index in [1.807, 2.05) is 11.3 Å². The Kier molecular flexibility index (Phi) is 3.78. The van der Waals surface area contributed by atoms with E-state index in [4.69, 9.17) is 0 Å². The van der Waals surface area contributed by atoms with Crippen molar-refractivity contribution in [2.24, 2.45) is 0 Å². The summed E-state index contributed by atoms with van der Waals surface area (Å²) in [6, 6.07) is 2.40. The minimum atomic E-state index is 0.812. The highest BCUT2D eigenvalue weighted by Crippen LogP contribution is 2.30. The van der Waals surface area contributed by atoms with Gasteiger partial charge in [0, 0.05) is 11.4 Å². The summed E-state index contributed by atoms with van der Waals surface area (Å²) in [5.74, 6) is 0.812. The lowest BCUT2D eigenvalue weighted by Gasteiger charge is -2.21. The Balaban J connectivity index is 1.99. The summed E-state index contributed by atoms with van der Waals surface area (Å²) in [6.07, 6.45) is 2.61. The number of rotatable bonds is 3. The molecule has 1 aliphatic rings. The second-order valence-corrected chi connectivity index (χ2v) is 5.56. The van der Waals surface area contributed by atoms with Gasteiger partial charge < -0.3 is 10.2 Å². The van der Waals surface area contributed by atoms with Crippen molar-refractivity contribution in [2.75, 3.05) is 27.2 Å². The van der Waals surface area contributed by atoms with E-state index in [-0.39, 0.29) is 0 Å². The van der Waals surface area contributed by atoms with Gasteiger partial charge >= 0.3 is 0 Å². The predicted molar refractivity (Wildman–Crippen MR) is 66.6 cm³/mol. The quantitative estimate of drug-likeness (QED) is 0.847. The van der Waals surface area contributed by atoms with E-state index in [1.54, 1.807) is 4.88 Å². The first-order chi connectivity index (χ1) is 7.25. The van der Waals surface area contributed by atoms with Crippen LogP contribution in [0, 0.1) is 0 Å². The normalized spacial score (nSPS) is 18.6. The van der Waals surface area contributed by atoms with Gasteiger partial charge in [-0.2, -0.15) is 0 Å². The molecule has 1 aliphatic heterocycles. The van der Waals surface area contributed by atoms with Crippen LogP contribution in [0.15, 0.2) is 11.4 Å². The summed E-state index contributed by atoms with van der Waals surface area (Å²) >= 11 is 1.94. The number of thiophene rings is 1. The minimum Gasteiger partial charge on any atom is -0.317 e. The molecule has 1 aromatic heterocycles. The van der Waals surface area contributed by atoms with Crippen LogP contribution in [0.1, 0.15) is 29.2 Å². The third kappa shape index (κ3) is 3.03. The molecular formula is C12H20N2S. The molecule has 2 heterocycles. The molecule has 3 heteroatoms. The van der Waals surface area contributed by atoms with Crippen molar-refractivity contribution in [1.29, 1.82) is 0 Å². The summed E-state index contributed by atoms with van der Waals surface area (Å²) in [5, 5.41) is 5.74. The van der Waals surface area contributed by atoms with E-state index in [9.17, 15) is 0 Å². The van der Waals surface area contributed by atoms with Crippen LogP contribution in [-0.2, 0) is 6.54 Å². The Morgan fingerprint density at radius 2 is 2.13 bits per heavy atom. The molecule has 1 N–H and O–H groups in total. The third-order valence-electron chi connectivity index (χ3n) is 2.91. The first-order valence-corrected chi connectivity index (χ1v) is 6.56. The lowest BCUT2D eigenvalue weighted by atomic mass is 9.96. The second kappa shape index (κ2) is 5.10. The summed E-state index contributed by atoms with van der Waals surface area (Å²) in [5.41, 5.74) is 1.47. The molecule has 0 amide bonds. The topological polar surface area (TPSA) is 15.3 Å². The Morgan fingerprint density at radius 1 is 1.40 bits per heavy atom. The van der Waals surface area contributed by atoms with Gasteiger partial charge in [-0.25, -0.2) is 0 Å². The number of nitrogens with one attached hydrogen (secondary N) is 1. The van der Waals surface area contributed by atoms with Gasteiger partial charge in [0.05, 0.1) is 0 Å². The summed E-state index contributed by atoms with van der Waals surface area (Å²) in [6.45, 7) is 3.44. The van der Waals surface area contributed by atoms with Gasteiger partial charge in [0.15, 0.2) is 0 Å². The Labute approximate surface area is 96.3 Å². The maximum atomic E-state index is 3.42. The fourth-order valence-corrected chi connectivity index (χ4v) is 3.24. The SMILES string of the molecule is CN(C)Cc1csc(C2CCNCC2)c1. The molecule has 0 spiro atoms. The molecule has 15 heavy (non-hydrogen) atoms. The smallest absolute Gasteiger partial charge is 0.0236 e. The molecule has 1 fully saturated rings. The molecule has 84 valence electrons. The standard InChI is InChI=1S/C12H20N2S/c1-14(2)8-10-7-12(15-9-10)11-3-5-13-6-4-11/h7,9,11,13H,3-6,8H2,1-2H3. The zero-order valence-corrected chi connectivity index (χ0v) is 10.4. The van der Waals surface area contributed by atoms with E-state index in [0.29, 0.717) is 0 Å². The predicted octanol–water partition coefficient (Wildman–Crippen LogP) is 2.28. The van der Waals surface area contributed by atoms with Gasteiger partial charge in [-0.3, -0.25) is 0 Å². The van der Waals surface area contributed by atoms with Crippen LogP contribution in [0.5, 0.6) is 0 Å². The van der Waals surface area contributed by atoms with Crippen LogP contribution in [-0.4, -0.2) is 32.1 Å². The zero-order valence-electron chi connectivity index (χ0n) is 9.62. The van der Waals surface area contributed by atoms with Crippen LogP contribution in [0.2, 0.25) is 0 Å². The van der Waals surface area contributed by atoms with E-state index in [0.717, 1.165) is 12.5 Å². The molecule has 2 nitrogen and oxygen atoms in total. The van der Waals surface area contributed by atoms with Gasteiger partial charge in [0.2, 0.25) is 0 Å². The molecule has 0 atom stereocenters. The van der Waals surface area contributed by atoms with E-state index in [1.165, 1.54) is 31.5 Å². The molecule has 1 aromatic rings. The molecule has 0 saturated carbocycles. The third-order valence-corrected chi connectivity index (χ3v) is 4.06. The van der Waals surface area contributed by atoms with Crippen LogP contribution in [0.4, 0.5) is 0 Å². The Hall–Kier alpha value is -0.380. The van der Waals surface area contributed by atoms with Gasteiger partial charge in [0.1, 0.15) is 0 Å². The maximum absolute atomic E-state index is 3.42. The van der Waals surface area contributed by atoms with E-state index < -0.39 is 0 Å². The van der Waals surface area contributed by atoms with E-state index in [2.05, 4.69) is 35.8 Å². The van der Waals surface area contributed by atoms with Crippen LogP contribution in [0.25, 0.3) is 0 Å². The average molecular weight is 224 g/mol. The second-order valence-electron chi connectivity index (χ2n) is 4.62. The van der Waals surface area contributed by atoms with Gasteiger partial charge in [-0.05, 0) is 63.0 Å². The number of hydrogen-bond acceptors (Lipinski definition) is 3. The van der Waals surface area contributed by atoms with Gasteiger partial charge in [0.25, 0.3) is 0 Å². The Morgan fingerprint density at radius 3 is 2.80 bits per heavy atom. The molecule has 0 aliphatic carbocycles. The zero-order chi connectivity index (χ0) is 10.7. The van der Waals surface area contributed by atoms with Crippen LogP contribution < -0.4 is 5.32 Å². The fraction of sp³-hybridized carbons (Fsp3) is 0.667. The first kappa shape index (κ1) is 11.1. The monoisotopic (exact) mass is 224 g/mol. The molecular weight excluding hydrogens is 204 g/mol. The van der Waals surface area contributed by atoms with Crippen molar-refractivity contribution in [3.63, 3.8) is 0 Å². The van der Waals surface area contributed by atoms with Gasteiger partial charge in [-0.15, -0.1) is 11.3 Å². The first-order valence-electron chi connectivity index (χ1n) is 5.68.